The Balaban J connectivity index is 1.73. The Morgan fingerprint density at radius 3 is 2.71 bits per heavy atom. The fourth-order valence-corrected chi connectivity index (χ4v) is 1.94. The summed E-state index contributed by atoms with van der Waals surface area (Å²) < 4.78 is 0. The lowest BCUT2D eigenvalue weighted by Crippen LogP contribution is -1.99. The highest BCUT2D eigenvalue weighted by molar-refractivity contribution is 5.61. The van der Waals surface area contributed by atoms with Crippen LogP contribution in [0.1, 0.15) is 5.56 Å². The molecule has 7 nitrogen and oxygen atoms in total. The number of aromatic amines is 1. The Morgan fingerprint density at radius 1 is 1.05 bits per heavy atom. The molecule has 0 amide bonds. The second kappa shape index (κ2) is 5.49. The number of phenolic OH excluding ortho intramolecular Hbond substituents is 2. The Labute approximate surface area is 120 Å². The van der Waals surface area contributed by atoms with Crippen LogP contribution in [0.4, 0.5) is 5.69 Å². The first kappa shape index (κ1) is 12.9. The summed E-state index contributed by atoms with van der Waals surface area (Å²) in [5, 5.41) is 35.8. The molecule has 0 spiro atoms. The number of nitrogens with one attached hydrogen (secondary N) is 2. The molecule has 106 valence electrons. The predicted molar refractivity (Wildman–Crippen MR) is 76.7 cm³/mol. The SMILES string of the molecule is Oc1ccc(CNc2cccc(-c3nn[nH]n3)c2)cc1O. The van der Waals surface area contributed by atoms with Crippen LogP contribution in [-0.4, -0.2) is 30.8 Å². The van der Waals surface area contributed by atoms with Crippen molar-refractivity contribution in [3.05, 3.63) is 48.0 Å². The number of aromatic nitrogens is 4. The summed E-state index contributed by atoms with van der Waals surface area (Å²) >= 11 is 0. The van der Waals surface area contributed by atoms with Crippen molar-refractivity contribution in [2.75, 3.05) is 5.32 Å². The van der Waals surface area contributed by atoms with E-state index in [0.29, 0.717) is 12.4 Å². The molecule has 0 saturated heterocycles. The minimum atomic E-state index is -0.130. The number of tetrazole rings is 1. The topological polar surface area (TPSA) is 107 Å². The number of nitrogens with zero attached hydrogens (tertiary/aromatic N) is 3. The highest BCUT2D eigenvalue weighted by atomic mass is 16.3. The third kappa shape index (κ3) is 2.92. The van der Waals surface area contributed by atoms with Crippen molar-refractivity contribution in [2.45, 2.75) is 6.54 Å². The zero-order chi connectivity index (χ0) is 14.7. The fourth-order valence-electron chi connectivity index (χ4n) is 1.94. The molecule has 0 bridgehead atoms. The Bertz CT molecular complexity index is 743. The van der Waals surface area contributed by atoms with E-state index < -0.39 is 0 Å². The number of anilines is 1. The Kier molecular flexibility index (Phi) is 3.38. The van der Waals surface area contributed by atoms with Crippen LogP contribution in [0.15, 0.2) is 42.5 Å². The maximum atomic E-state index is 9.46. The van der Waals surface area contributed by atoms with Crippen molar-refractivity contribution >= 4 is 5.69 Å². The fraction of sp³-hybridized carbons (Fsp3) is 0.0714. The molecular weight excluding hydrogens is 270 g/mol. The smallest absolute Gasteiger partial charge is 0.204 e. The molecular formula is C14H13N5O2. The summed E-state index contributed by atoms with van der Waals surface area (Å²) in [6.07, 6.45) is 0. The van der Waals surface area contributed by atoms with Crippen molar-refractivity contribution in [3.63, 3.8) is 0 Å². The summed E-state index contributed by atoms with van der Waals surface area (Å²) in [5.74, 6) is 0.272. The maximum Gasteiger partial charge on any atom is 0.204 e. The normalized spacial score (nSPS) is 10.5. The molecule has 1 aromatic heterocycles. The van der Waals surface area contributed by atoms with E-state index >= 15 is 0 Å². The van der Waals surface area contributed by atoms with Crippen LogP contribution in [0.3, 0.4) is 0 Å². The zero-order valence-corrected chi connectivity index (χ0v) is 11.0. The first-order valence-electron chi connectivity index (χ1n) is 6.31. The van der Waals surface area contributed by atoms with Crippen molar-refractivity contribution < 1.29 is 10.2 Å². The second-order valence-corrected chi connectivity index (χ2v) is 4.49. The minimum Gasteiger partial charge on any atom is -0.504 e. The van der Waals surface area contributed by atoms with Gasteiger partial charge in [-0.3, -0.25) is 0 Å². The molecule has 21 heavy (non-hydrogen) atoms. The Hall–Kier alpha value is -3.09. The van der Waals surface area contributed by atoms with Gasteiger partial charge in [0, 0.05) is 17.8 Å². The van der Waals surface area contributed by atoms with E-state index in [-0.39, 0.29) is 11.5 Å². The molecule has 1 heterocycles. The van der Waals surface area contributed by atoms with E-state index in [0.717, 1.165) is 16.8 Å². The average Bonchev–Trinajstić information content (AvgIpc) is 3.03. The third-order valence-corrected chi connectivity index (χ3v) is 3.00. The van der Waals surface area contributed by atoms with E-state index in [1.54, 1.807) is 6.07 Å². The molecule has 4 N–H and O–H groups in total. The van der Waals surface area contributed by atoms with Gasteiger partial charge in [-0.1, -0.05) is 18.2 Å². The van der Waals surface area contributed by atoms with E-state index in [4.69, 9.17) is 0 Å². The molecule has 0 fully saturated rings. The monoisotopic (exact) mass is 283 g/mol. The van der Waals surface area contributed by atoms with Gasteiger partial charge in [-0.25, -0.2) is 0 Å². The zero-order valence-electron chi connectivity index (χ0n) is 11.0. The highest BCUT2D eigenvalue weighted by Gasteiger charge is 2.04. The van der Waals surface area contributed by atoms with Gasteiger partial charge in [0.05, 0.1) is 0 Å². The molecule has 3 rings (SSSR count). The van der Waals surface area contributed by atoms with Gasteiger partial charge in [-0.15, -0.1) is 10.2 Å². The van der Waals surface area contributed by atoms with Gasteiger partial charge in [0.25, 0.3) is 0 Å². The summed E-state index contributed by atoms with van der Waals surface area (Å²) in [4.78, 5) is 0. The number of benzene rings is 2. The summed E-state index contributed by atoms with van der Waals surface area (Å²) in [6, 6.07) is 12.3. The molecule has 7 heteroatoms. The third-order valence-electron chi connectivity index (χ3n) is 3.00. The number of rotatable bonds is 4. The molecule has 3 aromatic rings. The number of phenols is 2. The molecule has 0 aliphatic rings. The van der Waals surface area contributed by atoms with E-state index in [9.17, 15) is 10.2 Å². The van der Waals surface area contributed by atoms with Crippen molar-refractivity contribution in [1.29, 1.82) is 0 Å². The minimum absolute atomic E-state index is 0.127. The summed E-state index contributed by atoms with van der Waals surface area (Å²) in [7, 11) is 0. The molecule has 0 aliphatic heterocycles. The lowest BCUT2D eigenvalue weighted by Gasteiger charge is -2.08. The lowest BCUT2D eigenvalue weighted by atomic mass is 10.1. The van der Waals surface area contributed by atoms with Crippen LogP contribution >= 0.6 is 0 Å². The van der Waals surface area contributed by atoms with E-state index in [1.807, 2.05) is 24.3 Å². The maximum absolute atomic E-state index is 9.46. The standard InChI is InChI=1S/C14H13N5O2/c20-12-5-4-9(6-13(12)21)8-15-11-3-1-2-10(7-11)14-16-18-19-17-14/h1-7,15,20-21H,8H2,(H,16,17,18,19). The highest BCUT2D eigenvalue weighted by Crippen LogP contribution is 2.25. The summed E-state index contributed by atoms with van der Waals surface area (Å²) in [5.41, 5.74) is 2.60. The van der Waals surface area contributed by atoms with Crippen LogP contribution < -0.4 is 5.32 Å². The van der Waals surface area contributed by atoms with Crippen LogP contribution in [0.2, 0.25) is 0 Å². The lowest BCUT2D eigenvalue weighted by molar-refractivity contribution is 0.403. The van der Waals surface area contributed by atoms with Crippen molar-refractivity contribution in [3.8, 4) is 22.9 Å². The number of H-pyrrole nitrogens is 1. The molecule has 0 atom stereocenters. The summed E-state index contributed by atoms with van der Waals surface area (Å²) in [6.45, 7) is 0.517. The number of hydrogen-bond acceptors (Lipinski definition) is 6. The van der Waals surface area contributed by atoms with Gasteiger partial charge in [-0.2, -0.15) is 5.21 Å². The molecule has 0 aliphatic carbocycles. The van der Waals surface area contributed by atoms with Crippen LogP contribution in [-0.2, 0) is 6.54 Å². The number of hydrogen-bond donors (Lipinski definition) is 4. The molecule has 0 radical (unpaired) electrons. The average molecular weight is 283 g/mol. The van der Waals surface area contributed by atoms with Gasteiger partial charge in [0.15, 0.2) is 11.5 Å². The van der Waals surface area contributed by atoms with Gasteiger partial charge in [-0.05, 0) is 35.0 Å². The first-order valence-corrected chi connectivity index (χ1v) is 6.31. The molecule has 2 aromatic carbocycles. The largest absolute Gasteiger partial charge is 0.504 e. The van der Waals surface area contributed by atoms with Crippen LogP contribution in [0.25, 0.3) is 11.4 Å². The van der Waals surface area contributed by atoms with Gasteiger partial charge < -0.3 is 15.5 Å². The molecule has 0 saturated carbocycles. The quantitative estimate of drug-likeness (QED) is 0.545. The van der Waals surface area contributed by atoms with Crippen LogP contribution in [0.5, 0.6) is 11.5 Å². The van der Waals surface area contributed by atoms with Gasteiger partial charge in [0.2, 0.25) is 5.82 Å². The molecule has 0 unspecified atom stereocenters. The van der Waals surface area contributed by atoms with Gasteiger partial charge >= 0.3 is 0 Å². The van der Waals surface area contributed by atoms with E-state index in [1.165, 1.54) is 12.1 Å². The second-order valence-electron chi connectivity index (χ2n) is 4.49. The predicted octanol–water partition coefficient (Wildman–Crippen LogP) is 1.89. The van der Waals surface area contributed by atoms with Gasteiger partial charge in [0.1, 0.15) is 0 Å². The first-order chi connectivity index (χ1) is 10.2. The number of aromatic hydroxyl groups is 2. The van der Waals surface area contributed by atoms with Crippen LogP contribution in [0, 0.1) is 0 Å². The van der Waals surface area contributed by atoms with Crippen molar-refractivity contribution in [2.24, 2.45) is 0 Å². The van der Waals surface area contributed by atoms with E-state index in [2.05, 4.69) is 25.9 Å². The van der Waals surface area contributed by atoms with Crippen molar-refractivity contribution in [1.82, 2.24) is 20.6 Å². The Morgan fingerprint density at radius 2 is 1.95 bits per heavy atom.